The second-order valence-corrected chi connectivity index (χ2v) is 2.55. The molecule has 0 aromatic carbocycles. The van der Waals surface area contributed by atoms with Gasteiger partial charge in [-0.05, 0) is 6.92 Å². The second kappa shape index (κ2) is 2.08. The highest BCUT2D eigenvalue weighted by Crippen LogP contribution is 2.06. The van der Waals surface area contributed by atoms with Gasteiger partial charge in [-0.25, -0.2) is 0 Å². The Bertz CT molecular complexity index is 60.7. The summed E-state index contributed by atoms with van der Waals surface area (Å²) >= 11 is 0. The Balaban J connectivity index is 2.26. The molecule has 1 aliphatic heterocycles. The van der Waals surface area contributed by atoms with E-state index in [0.717, 1.165) is 6.61 Å². The van der Waals surface area contributed by atoms with Gasteiger partial charge in [0.1, 0.15) is 6.23 Å². The molecule has 7 heavy (non-hydrogen) atoms. The molecule has 0 aliphatic carbocycles. The summed E-state index contributed by atoms with van der Waals surface area (Å²) in [5.74, 6) is 0.468. The van der Waals surface area contributed by atoms with Gasteiger partial charge in [0.15, 0.2) is 0 Å². The molecule has 1 rings (SSSR count). The lowest BCUT2D eigenvalue weighted by atomic mass is 10.6. The average molecular weight is 119 g/mol. The van der Waals surface area contributed by atoms with Crippen molar-refractivity contribution in [2.45, 2.75) is 18.9 Å². The number of rotatable bonds is 0. The first kappa shape index (κ1) is 5.49. The monoisotopic (exact) mass is 119 g/mol. The van der Waals surface area contributed by atoms with E-state index in [9.17, 15) is 0 Å². The molecule has 1 fully saturated rings. The first-order valence-electron chi connectivity index (χ1n) is 2.42. The standard InChI is InChI=1S/C4H10NOP/c1-3-5-4(7)2-6-3/h3-5H,2,7H2,1H3. The number of nitrogens with one attached hydrogen (secondary N) is 1. The maximum absolute atomic E-state index is 5.13. The molecule has 0 aromatic heterocycles. The fourth-order valence-electron chi connectivity index (χ4n) is 0.646. The van der Waals surface area contributed by atoms with Crippen LogP contribution in [0.5, 0.6) is 0 Å². The van der Waals surface area contributed by atoms with Crippen molar-refractivity contribution in [3.05, 3.63) is 0 Å². The zero-order valence-corrected chi connectivity index (χ0v) is 5.50. The number of hydrogen-bond acceptors (Lipinski definition) is 2. The van der Waals surface area contributed by atoms with Crippen molar-refractivity contribution in [1.29, 1.82) is 0 Å². The molecule has 0 bridgehead atoms. The molecular weight excluding hydrogens is 109 g/mol. The van der Waals surface area contributed by atoms with Crippen LogP contribution in [0.2, 0.25) is 0 Å². The molecule has 42 valence electrons. The molecule has 1 heterocycles. The SMILES string of the molecule is CC1NC(P)CO1. The molecular formula is C4H10NOP. The van der Waals surface area contributed by atoms with Crippen molar-refractivity contribution >= 4 is 9.24 Å². The molecule has 3 heteroatoms. The molecule has 0 radical (unpaired) electrons. The van der Waals surface area contributed by atoms with Gasteiger partial charge in [0.2, 0.25) is 0 Å². The van der Waals surface area contributed by atoms with Crippen molar-refractivity contribution < 1.29 is 4.74 Å². The Hall–Kier alpha value is 0.350. The minimum atomic E-state index is 0.252. The van der Waals surface area contributed by atoms with E-state index in [-0.39, 0.29) is 6.23 Å². The minimum absolute atomic E-state index is 0.252. The lowest BCUT2D eigenvalue weighted by Crippen LogP contribution is -2.22. The Morgan fingerprint density at radius 1 is 1.86 bits per heavy atom. The summed E-state index contributed by atoms with van der Waals surface area (Å²) < 4.78 is 5.13. The van der Waals surface area contributed by atoms with Crippen LogP contribution in [-0.2, 0) is 4.74 Å². The predicted molar refractivity (Wildman–Crippen MR) is 32.0 cm³/mol. The topological polar surface area (TPSA) is 21.3 Å². The predicted octanol–water partition coefficient (Wildman–Crippen LogP) is 0.153. The quantitative estimate of drug-likeness (QED) is 0.458. The van der Waals surface area contributed by atoms with Crippen molar-refractivity contribution in [2.24, 2.45) is 0 Å². The molecule has 1 aliphatic rings. The first-order chi connectivity index (χ1) is 3.29. The largest absolute Gasteiger partial charge is 0.362 e. The van der Waals surface area contributed by atoms with Gasteiger partial charge in [0.05, 0.1) is 6.61 Å². The molecule has 2 nitrogen and oxygen atoms in total. The summed E-state index contributed by atoms with van der Waals surface area (Å²) in [6.07, 6.45) is 0.252. The van der Waals surface area contributed by atoms with E-state index in [1.165, 1.54) is 0 Å². The fraction of sp³-hybridized carbons (Fsp3) is 1.00. The summed E-state index contributed by atoms with van der Waals surface area (Å²) in [5, 5.41) is 3.16. The Morgan fingerprint density at radius 3 is 2.71 bits per heavy atom. The van der Waals surface area contributed by atoms with E-state index in [0.29, 0.717) is 5.78 Å². The van der Waals surface area contributed by atoms with E-state index < -0.39 is 0 Å². The molecule has 0 saturated carbocycles. The van der Waals surface area contributed by atoms with Crippen LogP contribution in [0.4, 0.5) is 0 Å². The maximum atomic E-state index is 5.13. The third kappa shape index (κ3) is 1.37. The minimum Gasteiger partial charge on any atom is -0.362 e. The van der Waals surface area contributed by atoms with Gasteiger partial charge in [0, 0.05) is 5.78 Å². The fourth-order valence-corrected chi connectivity index (χ4v) is 1.03. The molecule has 0 aromatic rings. The molecule has 3 atom stereocenters. The van der Waals surface area contributed by atoms with E-state index in [1.807, 2.05) is 6.92 Å². The molecule has 1 saturated heterocycles. The Kier molecular flexibility index (Phi) is 1.63. The summed E-state index contributed by atoms with van der Waals surface area (Å²) in [7, 11) is 2.66. The van der Waals surface area contributed by atoms with Crippen molar-refractivity contribution in [3.63, 3.8) is 0 Å². The van der Waals surface area contributed by atoms with Crippen molar-refractivity contribution in [2.75, 3.05) is 6.61 Å². The van der Waals surface area contributed by atoms with E-state index in [4.69, 9.17) is 4.74 Å². The van der Waals surface area contributed by atoms with Crippen LogP contribution in [-0.4, -0.2) is 18.6 Å². The smallest absolute Gasteiger partial charge is 0.105 e. The third-order valence-corrected chi connectivity index (χ3v) is 1.36. The van der Waals surface area contributed by atoms with Gasteiger partial charge >= 0.3 is 0 Å². The van der Waals surface area contributed by atoms with Crippen LogP contribution in [0, 0.1) is 0 Å². The highest BCUT2D eigenvalue weighted by Gasteiger charge is 2.14. The van der Waals surface area contributed by atoms with Crippen LogP contribution < -0.4 is 5.32 Å². The normalized spacial score (nSPS) is 42.0. The van der Waals surface area contributed by atoms with Gasteiger partial charge < -0.3 is 4.74 Å². The van der Waals surface area contributed by atoms with Gasteiger partial charge in [-0.15, -0.1) is 9.24 Å². The van der Waals surface area contributed by atoms with Crippen LogP contribution in [0.1, 0.15) is 6.92 Å². The van der Waals surface area contributed by atoms with Crippen LogP contribution in [0.15, 0.2) is 0 Å². The van der Waals surface area contributed by atoms with Gasteiger partial charge in [-0.3, -0.25) is 5.32 Å². The zero-order chi connectivity index (χ0) is 5.28. The van der Waals surface area contributed by atoms with Crippen molar-refractivity contribution in [3.8, 4) is 0 Å². The summed E-state index contributed by atoms with van der Waals surface area (Å²) in [6, 6.07) is 0. The Morgan fingerprint density at radius 2 is 2.57 bits per heavy atom. The van der Waals surface area contributed by atoms with E-state index >= 15 is 0 Å². The lowest BCUT2D eigenvalue weighted by Gasteiger charge is -1.99. The summed E-state index contributed by atoms with van der Waals surface area (Å²) in [5.41, 5.74) is 0. The first-order valence-corrected chi connectivity index (χ1v) is 3.09. The third-order valence-electron chi connectivity index (χ3n) is 0.975. The highest BCUT2D eigenvalue weighted by atomic mass is 31.0. The summed E-state index contributed by atoms with van der Waals surface area (Å²) in [6.45, 7) is 2.83. The van der Waals surface area contributed by atoms with E-state index in [2.05, 4.69) is 14.6 Å². The molecule has 0 amide bonds. The van der Waals surface area contributed by atoms with Gasteiger partial charge in [-0.2, -0.15) is 0 Å². The lowest BCUT2D eigenvalue weighted by molar-refractivity contribution is 0.116. The molecule has 0 spiro atoms. The number of ether oxygens (including phenoxy) is 1. The van der Waals surface area contributed by atoms with Crippen LogP contribution in [0.25, 0.3) is 0 Å². The summed E-state index contributed by atoms with van der Waals surface area (Å²) in [4.78, 5) is 0. The van der Waals surface area contributed by atoms with Gasteiger partial charge in [0.25, 0.3) is 0 Å². The zero-order valence-electron chi connectivity index (χ0n) is 4.35. The van der Waals surface area contributed by atoms with Crippen LogP contribution >= 0.6 is 9.24 Å². The highest BCUT2D eigenvalue weighted by molar-refractivity contribution is 7.17. The van der Waals surface area contributed by atoms with E-state index in [1.54, 1.807) is 0 Å². The second-order valence-electron chi connectivity index (χ2n) is 1.75. The number of hydrogen-bond donors (Lipinski definition) is 1. The molecule has 1 N–H and O–H groups in total. The average Bonchev–Trinajstić information content (AvgIpc) is 1.87. The maximum Gasteiger partial charge on any atom is 0.105 e. The Labute approximate surface area is 45.8 Å². The van der Waals surface area contributed by atoms with Crippen LogP contribution in [0.3, 0.4) is 0 Å². The van der Waals surface area contributed by atoms with Crippen molar-refractivity contribution in [1.82, 2.24) is 5.32 Å². The van der Waals surface area contributed by atoms with Gasteiger partial charge in [-0.1, -0.05) is 0 Å². The molecule has 3 unspecified atom stereocenters.